The summed E-state index contributed by atoms with van der Waals surface area (Å²) in [6.45, 7) is 11.8. The van der Waals surface area contributed by atoms with Crippen LogP contribution in [0.1, 0.15) is 66.2 Å². The molecule has 1 aliphatic heterocycles. The number of likely N-dealkylation sites (tertiary alicyclic amines) is 1. The zero-order chi connectivity index (χ0) is 25.3. The summed E-state index contributed by atoms with van der Waals surface area (Å²) in [5.74, 6) is -0.922. The molecular weight excluding hydrogens is 438 g/mol. The summed E-state index contributed by atoms with van der Waals surface area (Å²) in [6, 6.07) is -1.58. The molecule has 0 aromatic carbocycles. The summed E-state index contributed by atoms with van der Waals surface area (Å²) in [5, 5.41) is 5.59. The summed E-state index contributed by atoms with van der Waals surface area (Å²) in [4.78, 5) is 53.3. The van der Waals surface area contributed by atoms with E-state index in [0.717, 1.165) is 19.3 Å². The van der Waals surface area contributed by atoms with Crippen molar-refractivity contribution in [3.63, 3.8) is 0 Å². The quantitative estimate of drug-likeness (QED) is 0.430. The molecule has 0 radical (unpaired) electrons. The molecule has 3 aliphatic rings. The molecule has 3 fully saturated rings. The van der Waals surface area contributed by atoms with Crippen LogP contribution < -0.4 is 10.6 Å². The van der Waals surface area contributed by atoms with Crippen molar-refractivity contribution in [2.75, 3.05) is 13.7 Å². The maximum Gasteiger partial charge on any atom is 0.408 e. The molecule has 2 aliphatic carbocycles. The highest BCUT2D eigenvalue weighted by Gasteiger charge is 2.61. The minimum atomic E-state index is -1.12. The van der Waals surface area contributed by atoms with Crippen LogP contribution in [0.25, 0.3) is 0 Å². The first-order valence-electron chi connectivity index (χ1n) is 12.2. The number of nitrogens with one attached hydrogen (secondary N) is 2. The smallest absolute Gasteiger partial charge is 0.408 e. The topological polar surface area (TPSA) is 114 Å². The largest absolute Gasteiger partial charge is 0.467 e. The molecule has 9 nitrogen and oxygen atoms in total. The van der Waals surface area contributed by atoms with Crippen molar-refractivity contribution in [2.45, 2.75) is 89.9 Å². The van der Waals surface area contributed by atoms with Gasteiger partial charge in [-0.1, -0.05) is 33.8 Å². The maximum absolute atomic E-state index is 13.6. The van der Waals surface area contributed by atoms with Crippen LogP contribution in [-0.2, 0) is 23.9 Å². The Morgan fingerprint density at radius 1 is 1.18 bits per heavy atom. The van der Waals surface area contributed by atoms with Crippen LogP contribution in [0, 0.1) is 17.3 Å². The van der Waals surface area contributed by atoms with Gasteiger partial charge >= 0.3 is 12.1 Å². The molecule has 9 heteroatoms. The predicted molar refractivity (Wildman–Crippen MR) is 126 cm³/mol. The molecular formula is C25H39N3O6. The van der Waals surface area contributed by atoms with Gasteiger partial charge in [0.05, 0.1) is 7.11 Å². The summed E-state index contributed by atoms with van der Waals surface area (Å²) >= 11 is 0. The lowest BCUT2D eigenvalue weighted by Crippen LogP contribution is -2.59. The number of ether oxygens (including phenoxy) is 2. The molecule has 0 bridgehead atoms. The number of rotatable bonds is 7. The predicted octanol–water partition coefficient (Wildman–Crippen LogP) is 2.54. The second-order valence-electron chi connectivity index (χ2n) is 11.1. The molecule has 1 saturated heterocycles. The van der Waals surface area contributed by atoms with Crippen molar-refractivity contribution in [1.82, 2.24) is 15.5 Å². The number of methoxy groups -OCH3 is 1. The van der Waals surface area contributed by atoms with E-state index in [9.17, 15) is 19.2 Å². The van der Waals surface area contributed by atoms with Gasteiger partial charge in [0.2, 0.25) is 11.8 Å². The third-order valence-electron chi connectivity index (χ3n) is 7.33. The molecule has 6 atom stereocenters. The summed E-state index contributed by atoms with van der Waals surface area (Å²) < 4.78 is 10.5. The second-order valence-corrected chi connectivity index (χ2v) is 11.1. The first-order valence-corrected chi connectivity index (χ1v) is 12.2. The average Bonchev–Trinajstić information content (AvgIpc) is 3.08. The van der Waals surface area contributed by atoms with Gasteiger partial charge in [0.15, 0.2) is 0 Å². The highest BCUT2D eigenvalue weighted by molar-refractivity contribution is 5.96. The van der Waals surface area contributed by atoms with Crippen LogP contribution in [0.3, 0.4) is 0 Å². The van der Waals surface area contributed by atoms with E-state index in [1.54, 1.807) is 6.08 Å². The lowest BCUT2D eigenvalue weighted by Gasteiger charge is -2.35. The Balaban J connectivity index is 1.69. The van der Waals surface area contributed by atoms with E-state index in [4.69, 9.17) is 9.47 Å². The number of nitrogens with zero attached hydrogens (tertiary/aromatic N) is 1. The fourth-order valence-electron chi connectivity index (χ4n) is 5.17. The monoisotopic (exact) mass is 477 g/mol. The minimum absolute atomic E-state index is 0.137. The van der Waals surface area contributed by atoms with Crippen molar-refractivity contribution < 1.29 is 28.7 Å². The Morgan fingerprint density at radius 3 is 2.41 bits per heavy atom. The van der Waals surface area contributed by atoms with Crippen LogP contribution in [0.5, 0.6) is 0 Å². The zero-order valence-electron chi connectivity index (χ0n) is 21.0. The molecule has 3 amide bonds. The first-order chi connectivity index (χ1) is 15.9. The fourth-order valence-corrected chi connectivity index (χ4v) is 5.17. The molecule has 0 spiro atoms. The number of carbonyl (C=O) groups is 4. The van der Waals surface area contributed by atoms with Gasteiger partial charge in [-0.2, -0.15) is 0 Å². The lowest BCUT2D eigenvalue weighted by atomic mass is 9.85. The van der Waals surface area contributed by atoms with Crippen LogP contribution in [-0.4, -0.2) is 66.2 Å². The van der Waals surface area contributed by atoms with Crippen molar-refractivity contribution in [1.29, 1.82) is 0 Å². The summed E-state index contributed by atoms with van der Waals surface area (Å²) in [7, 11) is 1.28. The Morgan fingerprint density at radius 2 is 1.88 bits per heavy atom. The number of alkyl carbamates (subject to hydrolysis) is 1. The standard InChI is InChI=1S/C25H39N3O6/c1-7-16-14-25(16,22(31)33-6)27-20(29)18-9-8-12-28(18)21(30)19(24(3,4)5)26-23(32)34-17-11-10-15(2)13-17/h7,15-19H,1,8-14H2,2-6H3,(H,26,32)(H,27,29)/t15-,16+,17?,18-,19+,25+/m0/s1. The normalized spacial score (nSPS) is 31.4. The van der Waals surface area contributed by atoms with Gasteiger partial charge in [0.1, 0.15) is 23.7 Å². The van der Waals surface area contributed by atoms with Crippen LogP contribution >= 0.6 is 0 Å². The third kappa shape index (κ3) is 5.39. The Kier molecular flexibility index (Phi) is 7.62. The highest BCUT2D eigenvalue weighted by Crippen LogP contribution is 2.45. The average molecular weight is 478 g/mol. The third-order valence-corrected chi connectivity index (χ3v) is 7.33. The number of carbonyl (C=O) groups excluding carboxylic acids is 4. The van der Waals surface area contributed by atoms with Gasteiger partial charge in [-0.05, 0) is 49.9 Å². The van der Waals surface area contributed by atoms with E-state index in [2.05, 4.69) is 24.1 Å². The molecule has 1 heterocycles. The highest BCUT2D eigenvalue weighted by atomic mass is 16.6. The molecule has 3 rings (SSSR count). The zero-order valence-corrected chi connectivity index (χ0v) is 21.0. The molecule has 34 heavy (non-hydrogen) atoms. The molecule has 190 valence electrons. The number of hydrogen-bond donors (Lipinski definition) is 2. The van der Waals surface area contributed by atoms with Gasteiger partial charge in [0, 0.05) is 12.5 Å². The van der Waals surface area contributed by atoms with Crippen LogP contribution in [0.2, 0.25) is 0 Å². The fraction of sp³-hybridized carbons (Fsp3) is 0.760. The van der Waals surface area contributed by atoms with Gasteiger partial charge in [-0.25, -0.2) is 9.59 Å². The Bertz CT molecular complexity index is 837. The Labute approximate surface area is 202 Å². The number of amides is 3. The van der Waals surface area contributed by atoms with Crippen molar-refractivity contribution in [2.24, 2.45) is 17.3 Å². The van der Waals surface area contributed by atoms with Crippen molar-refractivity contribution >= 4 is 23.9 Å². The van der Waals surface area contributed by atoms with E-state index in [1.165, 1.54) is 12.0 Å². The van der Waals surface area contributed by atoms with Gasteiger partial charge in [-0.3, -0.25) is 9.59 Å². The van der Waals surface area contributed by atoms with Gasteiger partial charge < -0.3 is 25.0 Å². The molecule has 0 aromatic heterocycles. The number of esters is 1. The summed E-state index contributed by atoms with van der Waals surface area (Å²) in [6.07, 6.45) is 5.11. The van der Waals surface area contributed by atoms with Crippen molar-refractivity contribution in [3.05, 3.63) is 12.7 Å². The van der Waals surface area contributed by atoms with Crippen LogP contribution in [0.15, 0.2) is 12.7 Å². The van der Waals surface area contributed by atoms with Gasteiger partial charge in [-0.15, -0.1) is 6.58 Å². The van der Waals surface area contributed by atoms with E-state index in [1.807, 2.05) is 20.8 Å². The van der Waals surface area contributed by atoms with Crippen LogP contribution in [0.4, 0.5) is 4.79 Å². The molecule has 1 unspecified atom stereocenters. The Hall–Kier alpha value is -2.58. The second kappa shape index (κ2) is 9.96. The van der Waals surface area contributed by atoms with E-state index in [0.29, 0.717) is 31.7 Å². The first kappa shape index (κ1) is 26.0. The molecule has 2 N–H and O–H groups in total. The van der Waals surface area contributed by atoms with E-state index < -0.39 is 41.0 Å². The molecule has 2 saturated carbocycles. The number of hydrogen-bond acceptors (Lipinski definition) is 6. The lowest BCUT2D eigenvalue weighted by molar-refractivity contribution is -0.148. The SMILES string of the molecule is C=C[C@@H]1C[C@]1(NC(=O)[C@@H]1CCCN1C(=O)[C@@H](NC(=O)OC1CC[C@H](C)C1)C(C)(C)C)C(=O)OC. The maximum atomic E-state index is 13.6. The summed E-state index contributed by atoms with van der Waals surface area (Å²) in [5.41, 5.74) is -1.71. The van der Waals surface area contributed by atoms with E-state index >= 15 is 0 Å². The molecule has 0 aromatic rings. The van der Waals surface area contributed by atoms with Gasteiger partial charge in [0.25, 0.3) is 0 Å². The van der Waals surface area contributed by atoms with E-state index in [-0.39, 0.29) is 17.9 Å². The van der Waals surface area contributed by atoms with Crippen molar-refractivity contribution in [3.8, 4) is 0 Å². The minimum Gasteiger partial charge on any atom is -0.467 e.